The van der Waals surface area contributed by atoms with Crippen molar-refractivity contribution in [1.82, 2.24) is 24.8 Å². The Morgan fingerprint density at radius 3 is 2.44 bits per heavy atom. The summed E-state index contributed by atoms with van der Waals surface area (Å²) in [6.07, 6.45) is 5.80. The van der Waals surface area contributed by atoms with Crippen LogP contribution in [0.25, 0.3) is 10.9 Å². The van der Waals surface area contributed by atoms with Gasteiger partial charge in [-0.1, -0.05) is 6.07 Å². The van der Waals surface area contributed by atoms with Gasteiger partial charge in [0.2, 0.25) is 5.95 Å². The zero-order valence-electron chi connectivity index (χ0n) is 26.7. The number of likely N-dealkylation sites (N-methyl/N-ethyl adjacent to an activating group) is 1. The normalized spacial score (nSPS) is 17.1. The van der Waals surface area contributed by atoms with Crippen molar-refractivity contribution in [1.29, 1.82) is 0 Å². The van der Waals surface area contributed by atoms with Crippen LogP contribution in [0.5, 0.6) is 5.75 Å². The van der Waals surface area contributed by atoms with Crippen LogP contribution < -0.4 is 25.6 Å². The maximum absolute atomic E-state index is 13.4. The minimum atomic E-state index is -2.67. The van der Waals surface area contributed by atoms with E-state index in [2.05, 4.69) is 77.3 Å². The van der Waals surface area contributed by atoms with Crippen molar-refractivity contribution in [2.24, 2.45) is 0 Å². The van der Waals surface area contributed by atoms with E-state index in [1.807, 2.05) is 24.3 Å². The fourth-order valence-corrected chi connectivity index (χ4v) is 8.29. The molecule has 0 saturated carbocycles. The quantitative estimate of drug-likeness (QED) is 0.212. The zero-order chi connectivity index (χ0) is 31.7. The van der Waals surface area contributed by atoms with Gasteiger partial charge in [0.1, 0.15) is 18.7 Å². The number of anilines is 5. The van der Waals surface area contributed by atoms with E-state index in [4.69, 9.17) is 9.72 Å². The Kier molecular flexibility index (Phi) is 9.34. The summed E-state index contributed by atoms with van der Waals surface area (Å²) in [6, 6.07) is 12.6. The molecule has 45 heavy (non-hydrogen) atoms. The number of hydrogen-bond acceptors (Lipinski definition) is 10. The summed E-state index contributed by atoms with van der Waals surface area (Å²) in [5, 5.41) is 8.39. The van der Waals surface area contributed by atoms with E-state index in [0.717, 1.165) is 59.5 Å². The second kappa shape index (κ2) is 13.2. The molecule has 6 rings (SSSR count). The van der Waals surface area contributed by atoms with Crippen molar-refractivity contribution in [2.75, 3.05) is 82.3 Å². The Bertz CT molecular complexity index is 1730. The molecule has 2 N–H and O–H groups in total. The highest BCUT2D eigenvalue weighted by molar-refractivity contribution is 9.10. The minimum absolute atomic E-state index is 0.416. The molecule has 10 nitrogen and oxygen atoms in total. The molecule has 0 spiro atoms. The average Bonchev–Trinajstić information content (AvgIpc) is 3.02. The van der Waals surface area contributed by atoms with Crippen LogP contribution in [0.4, 0.5) is 28.8 Å². The number of hydrogen-bond donors (Lipinski definition) is 2. The summed E-state index contributed by atoms with van der Waals surface area (Å²) in [7, 11) is 1.24. The number of piperidine rings is 1. The maximum Gasteiger partial charge on any atom is 0.229 e. The molecule has 2 fully saturated rings. The Labute approximate surface area is 274 Å². The van der Waals surface area contributed by atoms with Gasteiger partial charge in [-0.25, -0.2) is 4.98 Å². The van der Waals surface area contributed by atoms with E-state index in [1.54, 1.807) is 32.8 Å². The molecule has 2 aromatic carbocycles. The molecule has 0 aliphatic carbocycles. The first-order valence-electron chi connectivity index (χ1n) is 15.5. The smallest absolute Gasteiger partial charge is 0.229 e. The first kappa shape index (κ1) is 31.7. The summed E-state index contributed by atoms with van der Waals surface area (Å²) in [6.45, 7) is 12.4. The molecule has 0 radical (unpaired) electrons. The van der Waals surface area contributed by atoms with Gasteiger partial charge in [-0.15, -0.1) is 0 Å². The van der Waals surface area contributed by atoms with E-state index < -0.39 is 7.14 Å². The first-order chi connectivity index (χ1) is 21.6. The molecule has 2 aliphatic heterocycles. The highest BCUT2D eigenvalue weighted by atomic mass is 79.9. The number of nitrogens with zero attached hydrogens (tertiary/aromatic N) is 6. The van der Waals surface area contributed by atoms with E-state index in [0.29, 0.717) is 22.3 Å². The maximum atomic E-state index is 13.4. The lowest BCUT2D eigenvalue weighted by molar-refractivity contribution is 0.0982. The minimum Gasteiger partial charge on any atom is -0.494 e. The van der Waals surface area contributed by atoms with Crippen LogP contribution in [-0.4, -0.2) is 97.5 Å². The van der Waals surface area contributed by atoms with E-state index in [-0.39, 0.29) is 0 Å². The van der Waals surface area contributed by atoms with Crippen molar-refractivity contribution in [3.05, 3.63) is 58.8 Å². The highest BCUT2D eigenvalue weighted by Gasteiger charge is 2.28. The molecule has 4 heterocycles. The van der Waals surface area contributed by atoms with Gasteiger partial charge in [-0.05, 0) is 85.9 Å². The van der Waals surface area contributed by atoms with Crippen LogP contribution in [0.2, 0.25) is 0 Å². The Morgan fingerprint density at radius 1 is 0.978 bits per heavy atom. The van der Waals surface area contributed by atoms with Crippen molar-refractivity contribution in [3.63, 3.8) is 0 Å². The van der Waals surface area contributed by atoms with Crippen LogP contribution in [0.3, 0.4) is 0 Å². The molecule has 238 valence electrons. The lowest BCUT2D eigenvalue weighted by Gasteiger charge is -2.43. The van der Waals surface area contributed by atoms with Gasteiger partial charge in [-0.3, -0.25) is 9.88 Å². The van der Waals surface area contributed by atoms with Gasteiger partial charge < -0.3 is 29.7 Å². The monoisotopic (exact) mass is 692 g/mol. The Balaban J connectivity index is 1.21. The second-order valence-electron chi connectivity index (χ2n) is 12.4. The van der Waals surface area contributed by atoms with E-state index >= 15 is 0 Å². The van der Waals surface area contributed by atoms with Crippen LogP contribution in [0.15, 0.2) is 53.3 Å². The highest BCUT2D eigenvalue weighted by Crippen LogP contribution is 2.42. The molecule has 0 bridgehead atoms. The molecule has 2 saturated heterocycles. The third-order valence-corrected chi connectivity index (χ3v) is 11.1. The van der Waals surface area contributed by atoms with Crippen molar-refractivity contribution in [3.8, 4) is 5.75 Å². The standard InChI is InChI=1S/C33H42BrN8O2P/c1-22-19-28(30(44-3)20-29(22)42-13-10-23(11-14-42)41-17-15-40(2)16-18-41)38-33-36-21-25(34)32(39-33)37-27-9-8-26-24(7-6-12-35-26)31(27)45(4,5)43/h6-9,12,19-21,23H,10-11,13-18H2,1-5H3,(H2,36,37,38,39). The fraction of sp³-hybridized carbons (Fsp3) is 0.424. The molecule has 2 aromatic heterocycles. The largest absolute Gasteiger partial charge is 0.494 e. The fourth-order valence-electron chi connectivity index (χ4n) is 6.52. The predicted octanol–water partition coefficient (Wildman–Crippen LogP) is 6.06. The van der Waals surface area contributed by atoms with Crippen LogP contribution in [0.1, 0.15) is 18.4 Å². The topological polar surface area (TPSA) is 98.8 Å². The number of halogens is 1. The van der Waals surface area contributed by atoms with Crippen LogP contribution >= 0.6 is 23.1 Å². The van der Waals surface area contributed by atoms with E-state index in [1.165, 1.54) is 37.2 Å². The molecular weight excluding hydrogens is 651 g/mol. The lowest BCUT2D eigenvalue weighted by Crippen LogP contribution is -2.52. The molecule has 4 aromatic rings. The average molecular weight is 694 g/mol. The third kappa shape index (κ3) is 6.97. The predicted molar refractivity (Wildman–Crippen MR) is 189 cm³/mol. The van der Waals surface area contributed by atoms with E-state index in [9.17, 15) is 4.57 Å². The number of pyridine rings is 1. The van der Waals surface area contributed by atoms with Gasteiger partial charge in [0, 0.05) is 80.1 Å². The molecule has 0 atom stereocenters. The number of piperazine rings is 1. The molecule has 0 amide bonds. The second-order valence-corrected chi connectivity index (χ2v) is 16.4. The zero-order valence-corrected chi connectivity index (χ0v) is 29.2. The summed E-state index contributed by atoms with van der Waals surface area (Å²) in [5.41, 5.74) is 4.70. The number of aromatic nitrogens is 3. The summed E-state index contributed by atoms with van der Waals surface area (Å²) < 4.78 is 20.0. The Morgan fingerprint density at radius 2 is 1.73 bits per heavy atom. The summed E-state index contributed by atoms with van der Waals surface area (Å²) >= 11 is 3.59. The number of benzene rings is 2. The van der Waals surface area contributed by atoms with Crippen LogP contribution in [-0.2, 0) is 4.57 Å². The van der Waals surface area contributed by atoms with Crippen molar-refractivity contribution >= 4 is 68.1 Å². The van der Waals surface area contributed by atoms with Gasteiger partial charge >= 0.3 is 0 Å². The first-order valence-corrected chi connectivity index (χ1v) is 18.9. The van der Waals surface area contributed by atoms with Crippen LogP contribution in [0, 0.1) is 6.92 Å². The number of ether oxygens (including phenoxy) is 1. The van der Waals surface area contributed by atoms with Gasteiger partial charge in [0.15, 0.2) is 0 Å². The SMILES string of the molecule is COc1cc(N2CCC(N3CCN(C)CC3)CC2)c(C)cc1Nc1ncc(Br)c(Nc2ccc3ncccc3c2P(C)(C)=O)n1. The number of nitrogens with one attached hydrogen (secondary N) is 2. The summed E-state index contributed by atoms with van der Waals surface area (Å²) in [4.78, 5) is 21.3. The number of methoxy groups -OCH3 is 1. The van der Waals surface area contributed by atoms with Gasteiger partial charge in [-0.2, -0.15) is 4.98 Å². The molecular formula is C33H42BrN8O2P. The van der Waals surface area contributed by atoms with Gasteiger partial charge in [0.25, 0.3) is 0 Å². The third-order valence-electron chi connectivity index (χ3n) is 8.92. The van der Waals surface area contributed by atoms with Gasteiger partial charge in [0.05, 0.1) is 28.5 Å². The number of aryl methyl sites for hydroxylation is 1. The van der Waals surface area contributed by atoms with Crippen molar-refractivity contribution in [2.45, 2.75) is 25.8 Å². The molecule has 2 aliphatic rings. The summed E-state index contributed by atoms with van der Waals surface area (Å²) in [5.74, 6) is 1.71. The molecule has 12 heteroatoms. The molecule has 0 unspecified atom stereocenters. The van der Waals surface area contributed by atoms with Crippen molar-refractivity contribution < 1.29 is 9.30 Å². The number of fused-ring (bicyclic) bond motifs is 1. The Hall–Kier alpha value is -3.24. The lowest BCUT2D eigenvalue weighted by atomic mass is 10.0. The number of rotatable bonds is 8.